The summed E-state index contributed by atoms with van der Waals surface area (Å²) < 4.78 is 16.3. The second-order valence-electron chi connectivity index (χ2n) is 10.2. The summed E-state index contributed by atoms with van der Waals surface area (Å²) in [7, 11) is 0. The van der Waals surface area contributed by atoms with Crippen LogP contribution in [0.15, 0.2) is 54.6 Å². The lowest BCUT2D eigenvalue weighted by molar-refractivity contribution is -0.134. The van der Waals surface area contributed by atoms with Crippen LogP contribution in [-0.2, 0) is 24.3 Å². The summed E-state index contributed by atoms with van der Waals surface area (Å²) in [5.74, 6) is -0.931. The Kier molecular flexibility index (Phi) is 6.65. The van der Waals surface area contributed by atoms with Crippen molar-refractivity contribution in [1.29, 1.82) is 0 Å². The van der Waals surface area contributed by atoms with Crippen LogP contribution in [0.4, 0.5) is 4.39 Å². The predicted octanol–water partition coefficient (Wildman–Crippen LogP) is 5.12. The first-order valence-electron chi connectivity index (χ1n) is 12.9. The Morgan fingerprint density at radius 2 is 1.83 bits per heavy atom. The Morgan fingerprint density at radius 3 is 2.53 bits per heavy atom. The van der Waals surface area contributed by atoms with Crippen LogP contribution in [0, 0.1) is 5.82 Å². The van der Waals surface area contributed by atoms with E-state index >= 15 is 0 Å². The van der Waals surface area contributed by atoms with Crippen LogP contribution >= 0.6 is 0 Å². The normalized spacial score (nSPS) is 20.3. The van der Waals surface area contributed by atoms with Gasteiger partial charge in [0, 0.05) is 17.2 Å². The molecule has 2 amide bonds. The highest BCUT2D eigenvalue weighted by Gasteiger charge is 2.48. The minimum Gasteiger partial charge on any atom is -0.351 e. The highest BCUT2D eigenvalue weighted by molar-refractivity contribution is 6.00. The fourth-order valence-corrected chi connectivity index (χ4v) is 5.33. The third-order valence-electron chi connectivity index (χ3n) is 7.67. The van der Waals surface area contributed by atoms with Crippen LogP contribution in [0.3, 0.4) is 0 Å². The maximum atomic E-state index is 14.6. The summed E-state index contributed by atoms with van der Waals surface area (Å²) in [4.78, 5) is 29.1. The first-order valence-corrected chi connectivity index (χ1v) is 12.9. The molecule has 6 nitrogen and oxygen atoms in total. The number of hydrogen-bond acceptors (Lipinski definition) is 3. The SMILES string of the molecule is CCc1ccc(-c2cc3n(n2)CC(C)(C(=O)NC2CCCCC2)N(Cc2ccccc2F)C3=O)cc1. The zero-order chi connectivity index (χ0) is 25.3. The number of aromatic nitrogens is 2. The van der Waals surface area contributed by atoms with E-state index in [0.717, 1.165) is 37.7 Å². The van der Waals surface area contributed by atoms with E-state index in [-0.39, 0.29) is 30.9 Å². The van der Waals surface area contributed by atoms with E-state index in [0.29, 0.717) is 17.0 Å². The number of hydrogen-bond donors (Lipinski definition) is 1. The van der Waals surface area contributed by atoms with E-state index in [2.05, 4.69) is 24.4 Å². The Hall–Kier alpha value is -3.48. The van der Waals surface area contributed by atoms with Gasteiger partial charge in [-0.15, -0.1) is 0 Å². The lowest BCUT2D eigenvalue weighted by Crippen LogP contribution is -2.64. The molecule has 1 unspecified atom stereocenters. The highest BCUT2D eigenvalue weighted by atomic mass is 19.1. The van der Waals surface area contributed by atoms with Gasteiger partial charge in [0.2, 0.25) is 5.91 Å². The zero-order valence-electron chi connectivity index (χ0n) is 21.0. The van der Waals surface area contributed by atoms with E-state index in [9.17, 15) is 14.0 Å². The Balaban J connectivity index is 1.51. The van der Waals surface area contributed by atoms with Crippen LogP contribution in [0.5, 0.6) is 0 Å². The quantitative estimate of drug-likeness (QED) is 0.524. The largest absolute Gasteiger partial charge is 0.351 e. The van der Waals surface area contributed by atoms with Crippen molar-refractivity contribution >= 4 is 11.8 Å². The lowest BCUT2D eigenvalue weighted by Gasteiger charge is -2.44. The number of nitrogens with zero attached hydrogens (tertiary/aromatic N) is 3. The minimum atomic E-state index is -1.21. The molecule has 2 aromatic carbocycles. The molecule has 0 spiro atoms. The molecule has 2 aliphatic rings. The average molecular weight is 489 g/mol. The number of rotatable bonds is 6. The molecule has 1 N–H and O–H groups in total. The maximum Gasteiger partial charge on any atom is 0.273 e. The van der Waals surface area contributed by atoms with Gasteiger partial charge in [-0.05, 0) is 43.9 Å². The van der Waals surface area contributed by atoms with Crippen LogP contribution in [-0.4, -0.2) is 38.1 Å². The molecular weight excluding hydrogens is 455 g/mol. The van der Waals surface area contributed by atoms with E-state index < -0.39 is 11.4 Å². The smallest absolute Gasteiger partial charge is 0.273 e. The van der Waals surface area contributed by atoms with Crippen molar-refractivity contribution in [2.45, 2.75) is 77.0 Å². The molecule has 1 fully saturated rings. The van der Waals surface area contributed by atoms with Crippen LogP contribution in [0.25, 0.3) is 11.3 Å². The van der Waals surface area contributed by atoms with Gasteiger partial charge in [-0.1, -0.05) is 68.7 Å². The molecule has 1 atom stereocenters. The second-order valence-corrected chi connectivity index (χ2v) is 10.2. The van der Waals surface area contributed by atoms with E-state index in [1.54, 1.807) is 35.9 Å². The first kappa shape index (κ1) is 24.2. The van der Waals surface area contributed by atoms with E-state index in [1.807, 2.05) is 12.1 Å². The maximum absolute atomic E-state index is 14.6. The summed E-state index contributed by atoms with van der Waals surface area (Å²) in [6, 6.07) is 16.4. The average Bonchev–Trinajstić information content (AvgIpc) is 3.32. The van der Waals surface area contributed by atoms with Crippen molar-refractivity contribution < 1.29 is 14.0 Å². The molecule has 1 aliphatic carbocycles. The summed E-state index contributed by atoms with van der Waals surface area (Å²) >= 11 is 0. The van der Waals surface area contributed by atoms with Gasteiger partial charge >= 0.3 is 0 Å². The number of nitrogens with one attached hydrogen (secondary N) is 1. The number of amides is 2. The summed E-state index contributed by atoms with van der Waals surface area (Å²) in [5.41, 5.74) is 2.40. The number of halogens is 1. The zero-order valence-corrected chi connectivity index (χ0v) is 21.0. The Morgan fingerprint density at radius 1 is 1.11 bits per heavy atom. The van der Waals surface area contributed by atoms with Crippen molar-refractivity contribution in [3.8, 4) is 11.3 Å². The van der Waals surface area contributed by atoms with Gasteiger partial charge in [0.15, 0.2) is 0 Å². The fourth-order valence-electron chi connectivity index (χ4n) is 5.33. The third kappa shape index (κ3) is 4.54. The molecule has 3 aromatic rings. The van der Waals surface area contributed by atoms with Gasteiger partial charge in [0.1, 0.15) is 17.1 Å². The number of carbonyl (C=O) groups excluding carboxylic acids is 2. The van der Waals surface area contributed by atoms with Gasteiger partial charge in [0.25, 0.3) is 5.91 Å². The first-order chi connectivity index (χ1) is 17.4. The molecule has 5 rings (SSSR count). The van der Waals surface area contributed by atoms with Gasteiger partial charge in [-0.3, -0.25) is 14.3 Å². The van der Waals surface area contributed by atoms with Crippen molar-refractivity contribution in [3.63, 3.8) is 0 Å². The summed E-state index contributed by atoms with van der Waals surface area (Å²) in [6.45, 7) is 4.08. The molecule has 1 saturated carbocycles. The van der Waals surface area contributed by atoms with Crippen LogP contribution in [0.1, 0.15) is 67.6 Å². The lowest BCUT2D eigenvalue weighted by atomic mass is 9.91. The number of benzene rings is 2. The van der Waals surface area contributed by atoms with Gasteiger partial charge in [-0.25, -0.2) is 4.39 Å². The van der Waals surface area contributed by atoms with Gasteiger partial charge < -0.3 is 10.2 Å². The van der Waals surface area contributed by atoms with E-state index in [1.165, 1.54) is 23.0 Å². The second kappa shape index (κ2) is 9.88. The highest BCUT2D eigenvalue weighted by Crippen LogP contribution is 2.32. The molecule has 188 valence electrons. The Bertz CT molecular complexity index is 1260. The van der Waals surface area contributed by atoms with Gasteiger partial charge in [0.05, 0.1) is 18.8 Å². The molecule has 0 bridgehead atoms. The fraction of sp³-hybridized carbons (Fsp3) is 0.414. The summed E-state index contributed by atoms with van der Waals surface area (Å²) in [5, 5.41) is 7.92. The summed E-state index contributed by atoms with van der Waals surface area (Å²) in [6.07, 6.45) is 6.17. The number of fused-ring (bicyclic) bond motifs is 1. The molecule has 36 heavy (non-hydrogen) atoms. The van der Waals surface area contributed by atoms with Crippen LogP contribution < -0.4 is 5.32 Å². The molecule has 0 saturated heterocycles. The molecule has 7 heteroatoms. The third-order valence-corrected chi connectivity index (χ3v) is 7.67. The molecule has 1 aliphatic heterocycles. The van der Waals surface area contributed by atoms with Crippen LogP contribution in [0.2, 0.25) is 0 Å². The number of aryl methyl sites for hydroxylation is 1. The van der Waals surface area contributed by atoms with Crippen molar-refractivity contribution in [3.05, 3.63) is 77.2 Å². The Labute approximate surface area is 211 Å². The number of carbonyl (C=O) groups is 2. The van der Waals surface area contributed by atoms with Crippen molar-refractivity contribution in [2.24, 2.45) is 0 Å². The standard InChI is InChI=1S/C29H33FN4O2/c1-3-20-13-15-21(16-14-20)25-17-26-27(35)33(18-22-9-7-8-12-24(22)30)29(2,19-34(26)32-25)28(36)31-23-10-5-4-6-11-23/h7-9,12-17,23H,3-6,10-11,18-19H2,1-2H3,(H,31,36). The molecule has 1 aromatic heterocycles. The monoisotopic (exact) mass is 488 g/mol. The van der Waals surface area contributed by atoms with Gasteiger partial charge in [-0.2, -0.15) is 5.10 Å². The topological polar surface area (TPSA) is 67.2 Å². The van der Waals surface area contributed by atoms with E-state index in [4.69, 9.17) is 5.10 Å². The van der Waals surface area contributed by atoms with Crippen molar-refractivity contribution in [1.82, 2.24) is 20.0 Å². The minimum absolute atomic E-state index is 0.00576. The molecule has 2 heterocycles. The molecule has 0 radical (unpaired) electrons. The predicted molar refractivity (Wildman–Crippen MR) is 137 cm³/mol. The van der Waals surface area contributed by atoms with Crippen molar-refractivity contribution in [2.75, 3.05) is 0 Å². The molecular formula is C29H33FN4O2.